The van der Waals surface area contributed by atoms with E-state index in [1.54, 1.807) is 12.1 Å². The zero-order valence-electron chi connectivity index (χ0n) is 12.5. The Balaban J connectivity index is 1.99. The Morgan fingerprint density at radius 1 is 0.857 bits per heavy atom. The smallest absolute Gasteiger partial charge is 0.335 e. The van der Waals surface area contributed by atoms with Crippen LogP contribution in [0.4, 0.5) is 0 Å². The molecule has 0 radical (unpaired) electrons. The highest BCUT2D eigenvalue weighted by Gasteiger charge is 2.03. The lowest BCUT2D eigenvalue weighted by Gasteiger charge is -2.05. The van der Waals surface area contributed by atoms with Crippen molar-refractivity contribution in [2.24, 2.45) is 0 Å². The predicted molar refractivity (Wildman–Crippen MR) is 86.7 cm³/mol. The second-order valence-corrected chi connectivity index (χ2v) is 5.39. The van der Waals surface area contributed by atoms with Crippen LogP contribution in [0.2, 0.25) is 0 Å². The minimum atomic E-state index is -0.885. The van der Waals surface area contributed by atoms with Gasteiger partial charge in [0.15, 0.2) is 0 Å². The summed E-state index contributed by atoms with van der Waals surface area (Å²) >= 11 is 0. The zero-order valence-corrected chi connectivity index (χ0v) is 12.5. The quantitative estimate of drug-likeness (QED) is 0.711. The van der Waals surface area contributed by atoms with Gasteiger partial charge in [0.05, 0.1) is 5.56 Å². The van der Waals surface area contributed by atoms with Crippen LogP contribution in [0.15, 0.2) is 48.5 Å². The molecule has 21 heavy (non-hydrogen) atoms. The SMILES string of the molecule is CCCCCCc1ccc(-c2ccc(C(=O)O)cc2)cc1. The summed E-state index contributed by atoms with van der Waals surface area (Å²) in [5, 5.41) is 8.90. The van der Waals surface area contributed by atoms with E-state index in [-0.39, 0.29) is 0 Å². The summed E-state index contributed by atoms with van der Waals surface area (Å²) in [6.45, 7) is 2.23. The van der Waals surface area contributed by atoms with E-state index in [1.165, 1.54) is 31.2 Å². The number of unbranched alkanes of at least 4 members (excludes halogenated alkanes) is 3. The van der Waals surface area contributed by atoms with Crippen molar-refractivity contribution < 1.29 is 9.90 Å². The minimum absolute atomic E-state index is 0.325. The van der Waals surface area contributed by atoms with Crippen LogP contribution in [0, 0.1) is 0 Å². The molecule has 110 valence electrons. The van der Waals surface area contributed by atoms with Gasteiger partial charge in [0, 0.05) is 0 Å². The van der Waals surface area contributed by atoms with E-state index in [9.17, 15) is 4.79 Å². The van der Waals surface area contributed by atoms with Gasteiger partial charge in [-0.2, -0.15) is 0 Å². The summed E-state index contributed by atoms with van der Waals surface area (Å²) in [6.07, 6.45) is 6.27. The number of aromatic carboxylic acids is 1. The molecule has 0 aliphatic carbocycles. The van der Waals surface area contributed by atoms with Crippen LogP contribution in [0.1, 0.15) is 48.5 Å². The minimum Gasteiger partial charge on any atom is -0.478 e. The molecule has 0 aromatic heterocycles. The van der Waals surface area contributed by atoms with Crippen molar-refractivity contribution in [2.45, 2.75) is 39.0 Å². The van der Waals surface area contributed by atoms with Crippen molar-refractivity contribution in [3.63, 3.8) is 0 Å². The second-order valence-electron chi connectivity index (χ2n) is 5.39. The largest absolute Gasteiger partial charge is 0.478 e. The first-order chi connectivity index (χ1) is 10.2. The molecule has 0 bridgehead atoms. The van der Waals surface area contributed by atoms with Gasteiger partial charge in [0.1, 0.15) is 0 Å². The number of hydrogen-bond acceptors (Lipinski definition) is 1. The lowest BCUT2D eigenvalue weighted by molar-refractivity contribution is 0.0697. The average Bonchev–Trinajstić information content (AvgIpc) is 2.52. The van der Waals surface area contributed by atoms with E-state index >= 15 is 0 Å². The molecule has 2 rings (SSSR count). The van der Waals surface area contributed by atoms with Gasteiger partial charge < -0.3 is 5.11 Å². The van der Waals surface area contributed by atoms with Gasteiger partial charge in [-0.25, -0.2) is 4.79 Å². The molecule has 2 aromatic rings. The molecular weight excluding hydrogens is 260 g/mol. The zero-order chi connectivity index (χ0) is 15.1. The molecular formula is C19H22O2. The van der Waals surface area contributed by atoms with E-state index < -0.39 is 5.97 Å². The van der Waals surface area contributed by atoms with Gasteiger partial charge >= 0.3 is 5.97 Å². The van der Waals surface area contributed by atoms with Crippen molar-refractivity contribution in [3.05, 3.63) is 59.7 Å². The Kier molecular flexibility index (Phi) is 5.56. The van der Waals surface area contributed by atoms with Gasteiger partial charge in [-0.1, -0.05) is 62.6 Å². The predicted octanol–water partition coefficient (Wildman–Crippen LogP) is 5.17. The lowest BCUT2D eigenvalue weighted by atomic mass is 10.0. The normalized spacial score (nSPS) is 10.5. The van der Waals surface area contributed by atoms with Crippen molar-refractivity contribution in [2.75, 3.05) is 0 Å². The Bertz CT molecular complexity index is 568. The van der Waals surface area contributed by atoms with E-state index in [2.05, 4.69) is 31.2 Å². The third-order valence-electron chi connectivity index (χ3n) is 3.74. The topological polar surface area (TPSA) is 37.3 Å². The molecule has 0 aliphatic heterocycles. The van der Waals surface area contributed by atoms with Crippen LogP contribution in [0.25, 0.3) is 11.1 Å². The third kappa shape index (κ3) is 4.45. The number of carboxylic acids is 1. The van der Waals surface area contributed by atoms with Crippen molar-refractivity contribution in [3.8, 4) is 11.1 Å². The summed E-state index contributed by atoms with van der Waals surface area (Å²) in [5.41, 5.74) is 3.88. The molecule has 2 aromatic carbocycles. The van der Waals surface area contributed by atoms with Gasteiger partial charge in [-0.15, -0.1) is 0 Å². The molecule has 2 heteroatoms. The first-order valence-corrected chi connectivity index (χ1v) is 7.63. The van der Waals surface area contributed by atoms with Gasteiger partial charge in [-0.3, -0.25) is 0 Å². The van der Waals surface area contributed by atoms with Gasteiger partial charge in [0.2, 0.25) is 0 Å². The van der Waals surface area contributed by atoms with Gasteiger partial charge in [0.25, 0.3) is 0 Å². The van der Waals surface area contributed by atoms with E-state index in [1.807, 2.05) is 12.1 Å². The average molecular weight is 282 g/mol. The number of hydrogen-bond donors (Lipinski definition) is 1. The van der Waals surface area contributed by atoms with Crippen LogP contribution < -0.4 is 0 Å². The fraction of sp³-hybridized carbons (Fsp3) is 0.316. The van der Waals surface area contributed by atoms with Gasteiger partial charge in [-0.05, 0) is 41.7 Å². The highest BCUT2D eigenvalue weighted by atomic mass is 16.4. The fourth-order valence-electron chi connectivity index (χ4n) is 2.43. The Labute approximate surface area is 126 Å². The summed E-state index contributed by atoms with van der Waals surface area (Å²) in [6, 6.07) is 15.6. The summed E-state index contributed by atoms with van der Waals surface area (Å²) in [4.78, 5) is 10.8. The molecule has 0 unspecified atom stereocenters. The van der Waals surface area contributed by atoms with Crippen LogP contribution in [0.5, 0.6) is 0 Å². The third-order valence-corrected chi connectivity index (χ3v) is 3.74. The number of benzene rings is 2. The Hall–Kier alpha value is -2.09. The monoisotopic (exact) mass is 282 g/mol. The highest BCUT2D eigenvalue weighted by molar-refractivity contribution is 5.88. The van der Waals surface area contributed by atoms with Crippen LogP contribution in [-0.4, -0.2) is 11.1 Å². The molecule has 0 saturated carbocycles. The highest BCUT2D eigenvalue weighted by Crippen LogP contribution is 2.21. The molecule has 1 N–H and O–H groups in total. The van der Waals surface area contributed by atoms with E-state index in [0.717, 1.165) is 17.5 Å². The molecule has 0 aliphatic rings. The van der Waals surface area contributed by atoms with Crippen molar-refractivity contribution in [1.29, 1.82) is 0 Å². The van der Waals surface area contributed by atoms with E-state index in [4.69, 9.17) is 5.11 Å². The Morgan fingerprint density at radius 2 is 1.43 bits per heavy atom. The number of rotatable bonds is 7. The second kappa shape index (κ2) is 7.63. The van der Waals surface area contributed by atoms with Crippen LogP contribution in [0.3, 0.4) is 0 Å². The maximum atomic E-state index is 10.8. The molecule has 0 saturated heterocycles. The number of carboxylic acid groups (broad SMARTS) is 1. The molecule has 0 heterocycles. The Morgan fingerprint density at radius 3 is 1.95 bits per heavy atom. The molecule has 2 nitrogen and oxygen atoms in total. The van der Waals surface area contributed by atoms with Crippen molar-refractivity contribution >= 4 is 5.97 Å². The fourth-order valence-corrected chi connectivity index (χ4v) is 2.43. The van der Waals surface area contributed by atoms with Crippen LogP contribution >= 0.6 is 0 Å². The standard InChI is InChI=1S/C19H22O2/c1-2-3-4-5-6-15-7-9-16(10-8-15)17-11-13-18(14-12-17)19(20)21/h7-14H,2-6H2,1H3,(H,20,21). The molecule has 0 spiro atoms. The lowest BCUT2D eigenvalue weighted by Crippen LogP contribution is -1.95. The number of aryl methyl sites for hydroxylation is 1. The first-order valence-electron chi connectivity index (χ1n) is 7.63. The summed E-state index contributed by atoms with van der Waals surface area (Å²) in [5.74, 6) is -0.885. The van der Waals surface area contributed by atoms with Crippen molar-refractivity contribution in [1.82, 2.24) is 0 Å². The summed E-state index contributed by atoms with van der Waals surface area (Å²) in [7, 11) is 0. The maximum absolute atomic E-state index is 10.8. The van der Waals surface area contributed by atoms with E-state index in [0.29, 0.717) is 5.56 Å². The molecule has 0 amide bonds. The van der Waals surface area contributed by atoms with Crippen LogP contribution in [-0.2, 0) is 6.42 Å². The summed E-state index contributed by atoms with van der Waals surface area (Å²) < 4.78 is 0. The molecule has 0 fully saturated rings. The first kappa shape index (κ1) is 15.3. The number of carbonyl (C=O) groups is 1. The maximum Gasteiger partial charge on any atom is 0.335 e. The molecule has 0 atom stereocenters.